The first-order chi connectivity index (χ1) is 9.65. The summed E-state index contributed by atoms with van der Waals surface area (Å²) >= 11 is 0. The summed E-state index contributed by atoms with van der Waals surface area (Å²) in [5.74, 6) is 0.853. The first kappa shape index (κ1) is 14.8. The molecule has 1 heterocycles. The summed E-state index contributed by atoms with van der Waals surface area (Å²) < 4.78 is 5.03. The second-order valence-electron chi connectivity index (χ2n) is 5.21. The molecule has 1 aromatic heterocycles. The zero-order valence-corrected chi connectivity index (χ0v) is 12.1. The number of methoxy groups -OCH3 is 1. The van der Waals surface area contributed by atoms with Gasteiger partial charge in [0.05, 0.1) is 12.7 Å². The molecule has 0 aliphatic heterocycles. The number of hydrogen-bond acceptors (Lipinski definition) is 7. The number of nitrogens with one attached hydrogen (secondary N) is 2. The third kappa shape index (κ3) is 3.93. The Morgan fingerprint density at radius 3 is 2.35 bits per heavy atom. The van der Waals surface area contributed by atoms with E-state index in [1.54, 1.807) is 7.05 Å². The van der Waals surface area contributed by atoms with Gasteiger partial charge >= 0.3 is 6.01 Å². The fraction of sp³-hybridized carbons (Fsp3) is 0.769. The fourth-order valence-corrected chi connectivity index (χ4v) is 2.45. The second-order valence-corrected chi connectivity index (χ2v) is 5.21. The summed E-state index contributed by atoms with van der Waals surface area (Å²) in [5.41, 5.74) is -0.670. The number of ether oxygens (including phenoxy) is 1. The highest BCUT2D eigenvalue weighted by molar-refractivity contribution is 5.35. The van der Waals surface area contributed by atoms with Crippen molar-refractivity contribution >= 4 is 11.9 Å². The van der Waals surface area contributed by atoms with Gasteiger partial charge in [-0.25, -0.2) is 0 Å². The third-order valence-electron chi connectivity index (χ3n) is 3.63. The minimum absolute atomic E-state index is 0.250. The van der Waals surface area contributed by atoms with Gasteiger partial charge in [-0.1, -0.05) is 25.7 Å². The molecule has 0 saturated heterocycles. The molecular weight excluding hydrogens is 258 g/mol. The van der Waals surface area contributed by atoms with Crippen LogP contribution in [0.2, 0.25) is 0 Å². The summed E-state index contributed by atoms with van der Waals surface area (Å²) in [7, 11) is 3.24. The molecule has 7 heteroatoms. The normalized spacial score (nSPS) is 18.1. The Hall–Kier alpha value is -1.63. The largest absolute Gasteiger partial charge is 0.467 e. The summed E-state index contributed by atoms with van der Waals surface area (Å²) in [6, 6.07) is 0.250. The molecule has 0 amide bonds. The van der Waals surface area contributed by atoms with E-state index in [4.69, 9.17) is 4.74 Å². The average molecular weight is 281 g/mol. The molecule has 7 nitrogen and oxygen atoms in total. The molecule has 0 unspecified atom stereocenters. The van der Waals surface area contributed by atoms with E-state index in [1.165, 1.54) is 20.0 Å². The Kier molecular flexibility index (Phi) is 4.94. The highest BCUT2D eigenvalue weighted by atomic mass is 16.5. The number of rotatable bonds is 5. The van der Waals surface area contributed by atoms with E-state index in [0.29, 0.717) is 18.4 Å². The predicted molar refractivity (Wildman–Crippen MR) is 77.1 cm³/mol. The smallest absolute Gasteiger partial charge is 0.322 e. The van der Waals surface area contributed by atoms with Gasteiger partial charge in [0.15, 0.2) is 0 Å². The molecule has 1 aliphatic carbocycles. The van der Waals surface area contributed by atoms with E-state index < -0.39 is 5.60 Å². The predicted octanol–water partition coefficient (Wildman–Crippen LogP) is 1.42. The lowest BCUT2D eigenvalue weighted by atomic mass is 9.95. The minimum atomic E-state index is -0.670. The van der Waals surface area contributed by atoms with Crippen LogP contribution in [0.25, 0.3) is 0 Å². The van der Waals surface area contributed by atoms with Crippen molar-refractivity contribution in [3.05, 3.63) is 0 Å². The van der Waals surface area contributed by atoms with Crippen molar-refractivity contribution in [3.8, 4) is 6.01 Å². The molecule has 1 fully saturated rings. The van der Waals surface area contributed by atoms with E-state index in [2.05, 4.69) is 25.6 Å². The first-order valence-corrected chi connectivity index (χ1v) is 7.09. The van der Waals surface area contributed by atoms with Crippen LogP contribution in [-0.4, -0.2) is 46.4 Å². The van der Waals surface area contributed by atoms with Crippen molar-refractivity contribution < 1.29 is 9.84 Å². The maximum Gasteiger partial charge on any atom is 0.322 e. The molecule has 0 aromatic carbocycles. The van der Waals surface area contributed by atoms with E-state index in [1.807, 2.05) is 0 Å². The standard InChI is InChI=1S/C13H23N5O2/c1-14-10-16-11(18-12(17-10)20-2)15-9-13(19)7-5-3-4-6-8-13/h19H,3-9H2,1-2H3,(H2,14,15,16,17,18). The molecule has 3 N–H and O–H groups in total. The lowest BCUT2D eigenvalue weighted by molar-refractivity contribution is 0.0379. The summed E-state index contributed by atoms with van der Waals surface area (Å²) in [6.07, 6.45) is 6.18. The van der Waals surface area contributed by atoms with E-state index in [9.17, 15) is 5.11 Å². The molecule has 0 radical (unpaired) electrons. The molecule has 1 aromatic rings. The lowest BCUT2D eigenvalue weighted by Crippen LogP contribution is -2.36. The molecule has 0 spiro atoms. The van der Waals surface area contributed by atoms with Crippen molar-refractivity contribution in [2.24, 2.45) is 0 Å². The van der Waals surface area contributed by atoms with E-state index >= 15 is 0 Å². The number of hydrogen-bond donors (Lipinski definition) is 3. The van der Waals surface area contributed by atoms with Crippen molar-refractivity contribution in [1.29, 1.82) is 0 Å². The van der Waals surface area contributed by atoms with E-state index in [-0.39, 0.29) is 6.01 Å². The van der Waals surface area contributed by atoms with Gasteiger partial charge < -0.3 is 20.5 Å². The van der Waals surface area contributed by atoms with Crippen LogP contribution < -0.4 is 15.4 Å². The van der Waals surface area contributed by atoms with Gasteiger partial charge in [-0.2, -0.15) is 15.0 Å². The Balaban J connectivity index is 2.02. The SMILES string of the molecule is CNc1nc(NCC2(O)CCCCCC2)nc(OC)n1. The van der Waals surface area contributed by atoms with Crippen LogP contribution in [0.15, 0.2) is 0 Å². The highest BCUT2D eigenvalue weighted by Crippen LogP contribution is 2.27. The van der Waals surface area contributed by atoms with Crippen molar-refractivity contribution in [3.63, 3.8) is 0 Å². The van der Waals surface area contributed by atoms with Gasteiger partial charge in [-0.05, 0) is 12.8 Å². The zero-order valence-electron chi connectivity index (χ0n) is 12.1. The Bertz CT molecular complexity index is 411. The molecule has 1 aliphatic rings. The Morgan fingerprint density at radius 2 is 1.75 bits per heavy atom. The highest BCUT2D eigenvalue weighted by Gasteiger charge is 2.28. The van der Waals surface area contributed by atoms with Gasteiger partial charge in [0.25, 0.3) is 0 Å². The molecule has 0 atom stereocenters. The Labute approximate surface area is 119 Å². The molecule has 112 valence electrons. The van der Waals surface area contributed by atoms with E-state index in [0.717, 1.165) is 25.7 Å². The molecular formula is C13H23N5O2. The van der Waals surface area contributed by atoms with Crippen LogP contribution in [0.5, 0.6) is 6.01 Å². The van der Waals surface area contributed by atoms with Crippen LogP contribution in [0, 0.1) is 0 Å². The average Bonchev–Trinajstić information content (AvgIpc) is 2.70. The maximum absolute atomic E-state index is 10.6. The van der Waals surface area contributed by atoms with Gasteiger partial charge in [0.2, 0.25) is 11.9 Å². The van der Waals surface area contributed by atoms with Crippen LogP contribution in [-0.2, 0) is 0 Å². The second kappa shape index (κ2) is 6.69. The topological polar surface area (TPSA) is 92.2 Å². The quantitative estimate of drug-likeness (QED) is 0.703. The number of aromatic nitrogens is 3. The summed E-state index contributed by atoms with van der Waals surface area (Å²) in [6.45, 7) is 0.448. The van der Waals surface area contributed by atoms with Crippen molar-refractivity contribution in [1.82, 2.24) is 15.0 Å². The number of nitrogens with zero attached hydrogens (tertiary/aromatic N) is 3. The number of aliphatic hydroxyl groups is 1. The third-order valence-corrected chi connectivity index (χ3v) is 3.63. The zero-order chi connectivity index (χ0) is 14.4. The van der Waals surface area contributed by atoms with Gasteiger partial charge in [-0.15, -0.1) is 0 Å². The molecule has 0 bridgehead atoms. The van der Waals surface area contributed by atoms with Gasteiger partial charge in [-0.3, -0.25) is 0 Å². The van der Waals surface area contributed by atoms with Gasteiger partial charge in [0.1, 0.15) is 0 Å². The van der Waals surface area contributed by atoms with Crippen LogP contribution in [0.4, 0.5) is 11.9 Å². The van der Waals surface area contributed by atoms with Crippen LogP contribution >= 0.6 is 0 Å². The Morgan fingerprint density at radius 1 is 1.10 bits per heavy atom. The molecule has 1 saturated carbocycles. The van der Waals surface area contributed by atoms with Crippen LogP contribution in [0.1, 0.15) is 38.5 Å². The number of anilines is 2. The summed E-state index contributed by atoms with van der Waals surface area (Å²) in [5, 5.41) is 16.5. The van der Waals surface area contributed by atoms with Crippen molar-refractivity contribution in [2.75, 3.05) is 31.3 Å². The van der Waals surface area contributed by atoms with Crippen LogP contribution in [0.3, 0.4) is 0 Å². The molecule has 2 rings (SSSR count). The van der Waals surface area contributed by atoms with Gasteiger partial charge in [0, 0.05) is 13.6 Å². The lowest BCUT2D eigenvalue weighted by Gasteiger charge is -2.26. The first-order valence-electron chi connectivity index (χ1n) is 7.09. The molecule has 20 heavy (non-hydrogen) atoms. The maximum atomic E-state index is 10.6. The minimum Gasteiger partial charge on any atom is -0.467 e. The fourth-order valence-electron chi connectivity index (χ4n) is 2.45. The monoisotopic (exact) mass is 281 g/mol. The summed E-state index contributed by atoms with van der Waals surface area (Å²) in [4.78, 5) is 12.4. The van der Waals surface area contributed by atoms with Crippen molar-refractivity contribution in [2.45, 2.75) is 44.1 Å².